The van der Waals surface area contributed by atoms with Crippen LogP contribution < -0.4 is 10.5 Å². The maximum absolute atomic E-state index is 11.7. The molecule has 7 heteroatoms. The number of nitrogens with two attached hydrogens (primary N) is 1. The topological polar surface area (TPSA) is 92.4 Å². The Balaban J connectivity index is 2.10. The lowest BCUT2D eigenvalue weighted by atomic mass is 9.69. The zero-order valence-electron chi connectivity index (χ0n) is 11.9. The van der Waals surface area contributed by atoms with Gasteiger partial charge in [-0.2, -0.15) is 0 Å². The molecule has 1 fully saturated rings. The van der Waals surface area contributed by atoms with Gasteiger partial charge in [0, 0.05) is 34.9 Å². The fraction of sp³-hybridized carbons (Fsp3) is 0.692. The molecular formula is C13H22N2O3S2. The van der Waals surface area contributed by atoms with E-state index >= 15 is 0 Å². The summed E-state index contributed by atoms with van der Waals surface area (Å²) < 4.78 is 23.4. The average molecular weight is 318 g/mol. The van der Waals surface area contributed by atoms with Gasteiger partial charge in [-0.1, -0.05) is 6.42 Å². The van der Waals surface area contributed by atoms with Crippen LogP contribution in [-0.2, 0) is 16.6 Å². The Morgan fingerprint density at radius 3 is 2.45 bits per heavy atom. The summed E-state index contributed by atoms with van der Waals surface area (Å²) in [5.41, 5.74) is 0.753. The van der Waals surface area contributed by atoms with E-state index in [0.717, 1.165) is 34.6 Å². The molecule has 0 amide bonds. The molecule has 0 atom stereocenters. The summed E-state index contributed by atoms with van der Waals surface area (Å²) in [7, 11) is -3.69. The zero-order chi connectivity index (χ0) is 15.0. The van der Waals surface area contributed by atoms with Crippen molar-refractivity contribution in [3.63, 3.8) is 0 Å². The van der Waals surface area contributed by atoms with E-state index in [9.17, 15) is 13.5 Å². The fourth-order valence-corrected chi connectivity index (χ4v) is 5.29. The molecular weight excluding hydrogens is 296 g/mol. The van der Waals surface area contributed by atoms with Gasteiger partial charge in [0.25, 0.3) is 0 Å². The third-order valence-electron chi connectivity index (χ3n) is 4.16. The summed E-state index contributed by atoms with van der Waals surface area (Å²) in [6.07, 6.45) is 3.21. The summed E-state index contributed by atoms with van der Waals surface area (Å²) in [6, 6.07) is 0. The molecule has 0 saturated heterocycles. The predicted octanol–water partition coefficient (Wildman–Crippen LogP) is 1.26. The average Bonchev–Trinajstić information content (AvgIpc) is 2.57. The van der Waals surface area contributed by atoms with Crippen LogP contribution in [0.2, 0.25) is 0 Å². The Hall–Kier alpha value is -0.470. The SMILES string of the molecule is Cc1sc(C)c(S(N)(=O)=O)c1CNCC1(CO)CCC1. The smallest absolute Gasteiger partial charge is 0.239 e. The summed E-state index contributed by atoms with van der Waals surface area (Å²) in [5.74, 6) is 0. The molecule has 114 valence electrons. The van der Waals surface area contributed by atoms with Crippen molar-refractivity contribution >= 4 is 21.4 Å². The van der Waals surface area contributed by atoms with Crippen LogP contribution in [0.3, 0.4) is 0 Å². The molecule has 0 unspecified atom stereocenters. The van der Waals surface area contributed by atoms with Crippen molar-refractivity contribution in [2.45, 2.75) is 44.6 Å². The lowest BCUT2D eigenvalue weighted by Gasteiger charge is -2.40. The van der Waals surface area contributed by atoms with Gasteiger partial charge in [-0.05, 0) is 32.3 Å². The van der Waals surface area contributed by atoms with E-state index in [-0.39, 0.29) is 16.9 Å². The highest BCUT2D eigenvalue weighted by atomic mass is 32.2. The van der Waals surface area contributed by atoms with Gasteiger partial charge < -0.3 is 10.4 Å². The highest BCUT2D eigenvalue weighted by Crippen LogP contribution is 2.40. The first-order valence-corrected chi connectivity index (χ1v) is 9.09. The first-order valence-electron chi connectivity index (χ1n) is 6.72. The fourth-order valence-electron chi connectivity index (χ4n) is 2.81. The number of aliphatic hydroxyl groups is 1. The Morgan fingerprint density at radius 2 is 2.00 bits per heavy atom. The van der Waals surface area contributed by atoms with Gasteiger partial charge in [-0.3, -0.25) is 0 Å². The minimum atomic E-state index is -3.69. The van der Waals surface area contributed by atoms with Crippen LogP contribution in [0.1, 0.15) is 34.6 Å². The molecule has 1 heterocycles. The van der Waals surface area contributed by atoms with Gasteiger partial charge in [0.1, 0.15) is 4.90 Å². The molecule has 4 N–H and O–H groups in total. The number of nitrogens with one attached hydrogen (secondary N) is 1. The Labute approximate surface area is 124 Å². The standard InChI is InChI=1S/C13H22N2O3S2/c1-9-11(12(10(2)19-9)20(14,17)18)6-15-7-13(8-16)4-3-5-13/h15-16H,3-8H2,1-2H3,(H2,14,17,18). The summed E-state index contributed by atoms with van der Waals surface area (Å²) in [4.78, 5) is 1.98. The minimum Gasteiger partial charge on any atom is -0.396 e. The number of rotatable bonds is 6. The minimum absolute atomic E-state index is 0.0132. The Bertz CT molecular complexity index is 583. The zero-order valence-corrected chi connectivity index (χ0v) is 13.5. The summed E-state index contributed by atoms with van der Waals surface area (Å²) in [5, 5.41) is 18.0. The van der Waals surface area contributed by atoms with E-state index in [2.05, 4.69) is 5.32 Å². The number of aliphatic hydroxyl groups excluding tert-OH is 1. The van der Waals surface area contributed by atoms with Crippen molar-refractivity contribution in [2.24, 2.45) is 10.6 Å². The first-order chi connectivity index (χ1) is 9.29. The molecule has 1 aliphatic rings. The molecule has 0 aromatic carbocycles. The second-order valence-corrected chi connectivity index (χ2v) is 8.61. The number of hydrogen-bond donors (Lipinski definition) is 3. The van der Waals surface area contributed by atoms with Gasteiger partial charge in [-0.15, -0.1) is 11.3 Å². The van der Waals surface area contributed by atoms with Crippen LogP contribution in [0.15, 0.2) is 4.90 Å². The van der Waals surface area contributed by atoms with Gasteiger partial charge in [0.2, 0.25) is 10.0 Å². The van der Waals surface area contributed by atoms with E-state index in [1.54, 1.807) is 6.92 Å². The van der Waals surface area contributed by atoms with E-state index in [4.69, 9.17) is 5.14 Å². The lowest BCUT2D eigenvalue weighted by molar-refractivity contribution is 0.0444. The Morgan fingerprint density at radius 1 is 1.35 bits per heavy atom. The second-order valence-electron chi connectivity index (χ2n) is 5.68. The molecule has 0 bridgehead atoms. The van der Waals surface area contributed by atoms with Crippen molar-refractivity contribution < 1.29 is 13.5 Å². The monoisotopic (exact) mass is 318 g/mol. The quantitative estimate of drug-likeness (QED) is 0.736. The second kappa shape index (κ2) is 5.73. The van der Waals surface area contributed by atoms with Gasteiger partial charge >= 0.3 is 0 Å². The van der Waals surface area contributed by atoms with Gasteiger partial charge in [0.05, 0.1) is 0 Å². The predicted molar refractivity (Wildman–Crippen MR) is 80.2 cm³/mol. The van der Waals surface area contributed by atoms with Crippen LogP contribution in [0, 0.1) is 19.3 Å². The van der Waals surface area contributed by atoms with Crippen molar-refractivity contribution in [3.8, 4) is 0 Å². The van der Waals surface area contributed by atoms with Crippen LogP contribution in [0.4, 0.5) is 0 Å². The number of hydrogen-bond acceptors (Lipinski definition) is 5. The summed E-state index contributed by atoms with van der Waals surface area (Å²) >= 11 is 1.46. The first kappa shape index (κ1) is 15.9. The number of sulfonamides is 1. The third-order valence-corrected chi connectivity index (χ3v) is 6.47. The van der Waals surface area contributed by atoms with Crippen molar-refractivity contribution in [1.82, 2.24) is 5.32 Å². The third kappa shape index (κ3) is 3.07. The van der Waals surface area contributed by atoms with Crippen LogP contribution in [-0.4, -0.2) is 26.7 Å². The van der Waals surface area contributed by atoms with Crippen LogP contribution >= 0.6 is 11.3 Å². The van der Waals surface area contributed by atoms with E-state index < -0.39 is 10.0 Å². The molecule has 1 saturated carbocycles. The molecule has 1 aromatic heterocycles. The molecule has 0 spiro atoms. The Kier molecular flexibility index (Phi) is 4.56. The van der Waals surface area contributed by atoms with Crippen molar-refractivity contribution in [2.75, 3.05) is 13.2 Å². The molecule has 1 aromatic rings. The van der Waals surface area contributed by atoms with E-state index in [1.807, 2.05) is 6.92 Å². The highest BCUT2D eigenvalue weighted by Gasteiger charge is 2.35. The number of primary sulfonamides is 1. The molecule has 1 aliphatic carbocycles. The molecule has 20 heavy (non-hydrogen) atoms. The van der Waals surface area contributed by atoms with Crippen molar-refractivity contribution in [3.05, 3.63) is 15.3 Å². The number of aryl methyl sites for hydroxylation is 2. The van der Waals surface area contributed by atoms with Crippen molar-refractivity contribution in [1.29, 1.82) is 0 Å². The van der Waals surface area contributed by atoms with Crippen LogP contribution in [0.5, 0.6) is 0 Å². The largest absolute Gasteiger partial charge is 0.396 e. The molecule has 0 aliphatic heterocycles. The summed E-state index contributed by atoms with van der Waals surface area (Å²) in [6.45, 7) is 5.06. The molecule has 0 radical (unpaired) electrons. The normalized spacial score (nSPS) is 18.0. The number of thiophene rings is 1. The van der Waals surface area contributed by atoms with Crippen LogP contribution in [0.25, 0.3) is 0 Å². The lowest BCUT2D eigenvalue weighted by Crippen LogP contribution is -2.42. The maximum Gasteiger partial charge on any atom is 0.239 e. The van der Waals surface area contributed by atoms with E-state index in [1.165, 1.54) is 11.3 Å². The maximum atomic E-state index is 11.7. The molecule has 2 rings (SSSR count). The molecule has 5 nitrogen and oxygen atoms in total. The van der Waals surface area contributed by atoms with Gasteiger partial charge in [0.15, 0.2) is 0 Å². The van der Waals surface area contributed by atoms with Gasteiger partial charge in [-0.25, -0.2) is 13.6 Å². The van der Waals surface area contributed by atoms with E-state index in [0.29, 0.717) is 13.1 Å². The highest BCUT2D eigenvalue weighted by molar-refractivity contribution is 7.89.